The molecule has 0 saturated carbocycles. The minimum Gasteiger partial charge on any atom is -0.478 e. The molecule has 0 aromatic carbocycles. The summed E-state index contributed by atoms with van der Waals surface area (Å²) in [5.41, 5.74) is 5.43. The van der Waals surface area contributed by atoms with Crippen LogP contribution in [0.3, 0.4) is 0 Å². The monoisotopic (exact) mass is 232 g/mol. The molecule has 2 aromatic rings. The molecule has 0 spiro atoms. The van der Waals surface area contributed by atoms with Crippen LogP contribution in [0.2, 0.25) is 0 Å². The Morgan fingerprint density at radius 1 is 1.35 bits per heavy atom. The third-order valence-corrected chi connectivity index (χ3v) is 2.12. The average Bonchev–Trinajstić information content (AvgIpc) is 2.78. The molecule has 0 fully saturated rings. The van der Waals surface area contributed by atoms with Crippen LogP contribution in [0.15, 0.2) is 30.7 Å². The summed E-state index contributed by atoms with van der Waals surface area (Å²) < 4.78 is 1.25. The molecule has 1 amide bonds. The number of nitrogens with two attached hydrogens (primary N) is 1. The number of nitrogens with zero attached hydrogens (tertiary/aromatic N) is 3. The first-order chi connectivity index (χ1) is 8.09. The molecule has 0 aliphatic heterocycles. The highest BCUT2D eigenvalue weighted by atomic mass is 16.4. The maximum atomic E-state index is 11.0. The predicted molar refractivity (Wildman–Crippen MR) is 56.8 cm³/mol. The van der Waals surface area contributed by atoms with Crippen molar-refractivity contribution in [2.24, 2.45) is 5.73 Å². The highest BCUT2D eigenvalue weighted by molar-refractivity contribution is 5.92. The number of carbonyl (C=O) groups is 2. The quantitative estimate of drug-likeness (QED) is 0.777. The molecule has 0 saturated heterocycles. The molecule has 7 nitrogen and oxygen atoms in total. The number of rotatable bonds is 3. The second-order valence-corrected chi connectivity index (χ2v) is 3.21. The van der Waals surface area contributed by atoms with Gasteiger partial charge in [-0.05, 0) is 12.1 Å². The van der Waals surface area contributed by atoms with Gasteiger partial charge in [0.15, 0.2) is 0 Å². The van der Waals surface area contributed by atoms with Crippen molar-refractivity contribution in [1.82, 2.24) is 14.8 Å². The van der Waals surface area contributed by atoms with Crippen LogP contribution < -0.4 is 5.73 Å². The molecule has 0 radical (unpaired) electrons. The summed E-state index contributed by atoms with van der Waals surface area (Å²) in [6.45, 7) is 0. The largest absolute Gasteiger partial charge is 0.478 e. The molecule has 0 aliphatic carbocycles. The lowest BCUT2D eigenvalue weighted by Gasteiger charge is -2.04. The molecule has 3 N–H and O–H groups in total. The Morgan fingerprint density at radius 3 is 2.71 bits per heavy atom. The summed E-state index contributed by atoms with van der Waals surface area (Å²) in [7, 11) is 0. The number of carboxylic acids is 1. The van der Waals surface area contributed by atoms with E-state index in [9.17, 15) is 9.59 Å². The van der Waals surface area contributed by atoms with Gasteiger partial charge in [0, 0.05) is 12.4 Å². The fraction of sp³-hybridized carbons (Fsp3) is 0. The van der Waals surface area contributed by atoms with E-state index >= 15 is 0 Å². The van der Waals surface area contributed by atoms with Crippen molar-refractivity contribution in [3.05, 3.63) is 42.0 Å². The second kappa shape index (κ2) is 4.05. The van der Waals surface area contributed by atoms with E-state index < -0.39 is 11.9 Å². The van der Waals surface area contributed by atoms with Crippen LogP contribution in [0.5, 0.6) is 0 Å². The van der Waals surface area contributed by atoms with Gasteiger partial charge in [0.05, 0.1) is 17.4 Å². The Kier molecular flexibility index (Phi) is 2.57. The number of primary amides is 1. The van der Waals surface area contributed by atoms with E-state index in [1.54, 1.807) is 0 Å². The zero-order chi connectivity index (χ0) is 12.4. The summed E-state index contributed by atoms with van der Waals surface area (Å²) >= 11 is 0. The Balaban J connectivity index is 2.52. The third kappa shape index (κ3) is 1.98. The SMILES string of the molecule is NC(=O)c1ccn(-c2cnccc2C(=O)O)n1. The van der Waals surface area contributed by atoms with Crippen molar-refractivity contribution >= 4 is 11.9 Å². The van der Waals surface area contributed by atoms with Crippen molar-refractivity contribution in [2.75, 3.05) is 0 Å². The maximum Gasteiger partial charge on any atom is 0.338 e. The standard InChI is InChI=1S/C10H8N4O3/c11-9(15)7-2-4-14(13-7)8-5-12-3-1-6(8)10(16)17/h1-5H,(H2,11,15)(H,16,17). The van der Waals surface area contributed by atoms with Crippen molar-refractivity contribution in [2.45, 2.75) is 0 Å². The first kappa shape index (κ1) is 10.8. The van der Waals surface area contributed by atoms with Gasteiger partial charge in [-0.3, -0.25) is 9.78 Å². The van der Waals surface area contributed by atoms with E-state index in [0.29, 0.717) is 0 Å². The van der Waals surface area contributed by atoms with Crippen LogP contribution in [-0.4, -0.2) is 31.7 Å². The van der Waals surface area contributed by atoms with Crippen molar-refractivity contribution < 1.29 is 14.7 Å². The lowest BCUT2D eigenvalue weighted by atomic mass is 10.2. The smallest absolute Gasteiger partial charge is 0.338 e. The summed E-state index contributed by atoms with van der Waals surface area (Å²) in [5, 5.41) is 12.8. The van der Waals surface area contributed by atoms with Crippen LogP contribution in [-0.2, 0) is 0 Å². The van der Waals surface area contributed by atoms with Crippen LogP contribution in [0.25, 0.3) is 5.69 Å². The number of amides is 1. The van der Waals surface area contributed by atoms with E-state index in [1.165, 1.54) is 35.4 Å². The van der Waals surface area contributed by atoms with Crippen LogP contribution >= 0.6 is 0 Å². The number of aromatic carboxylic acids is 1. The average molecular weight is 232 g/mol. The number of hydrogen-bond donors (Lipinski definition) is 2. The van der Waals surface area contributed by atoms with Gasteiger partial charge in [-0.15, -0.1) is 0 Å². The number of carbonyl (C=O) groups excluding carboxylic acids is 1. The van der Waals surface area contributed by atoms with Gasteiger partial charge in [0.1, 0.15) is 5.69 Å². The van der Waals surface area contributed by atoms with Gasteiger partial charge in [0.2, 0.25) is 0 Å². The molecule has 0 aliphatic rings. The number of pyridine rings is 1. The molecule has 0 bridgehead atoms. The molecule has 2 heterocycles. The molecule has 0 unspecified atom stereocenters. The van der Waals surface area contributed by atoms with E-state index in [0.717, 1.165) is 0 Å². The highest BCUT2D eigenvalue weighted by Crippen LogP contribution is 2.12. The van der Waals surface area contributed by atoms with Gasteiger partial charge < -0.3 is 10.8 Å². The highest BCUT2D eigenvalue weighted by Gasteiger charge is 2.13. The fourth-order valence-corrected chi connectivity index (χ4v) is 1.34. The normalized spacial score (nSPS) is 10.1. The first-order valence-corrected chi connectivity index (χ1v) is 4.63. The van der Waals surface area contributed by atoms with Gasteiger partial charge in [-0.1, -0.05) is 0 Å². The topological polar surface area (TPSA) is 111 Å². The number of carboxylic acid groups (broad SMARTS) is 1. The molecular formula is C10H8N4O3. The third-order valence-electron chi connectivity index (χ3n) is 2.12. The molecule has 2 aromatic heterocycles. The fourth-order valence-electron chi connectivity index (χ4n) is 1.34. The summed E-state index contributed by atoms with van der Waals surface area (Å²) in [4.78, 5) is 25.7. The number of hydrogen-bond acceptors (Lipinski definition) is 4. The van der Waals surface area contributed by atoms with Crippen molar-refractivity contribution in [1.29, 1.82) is 0 Å². The molecule has 7 heteroatoms. The van der Waals surface area contributed by atoms with Gasteiger partial charge in [-0.2, -0.15) is 5.10 Å². The van der Waals surface area contributed by atoms with Crippen LogP contribution in [0.4, 0.5) is 0 Å². The molecular weight excluding hydrogens is 224 g/mol. The lowest BCUT2D eigenvalue weighted by molar-refractivity contribution is 0.0696. The van der Waals surface area contributed by atoms with Gasteiger partial charge in [0.25, 0.3) is 5.91 Å². The Hall–Kier alpha value is -2.70. The Morgan fingerprint density at radius 2 is 2.12 bits per heavy atom. The summed E-state index contributed by atoms with van der Waals surface area (Å²) in [6.07, 6.45) is 4.16. The van der Waals surface area contributed by atoms with E-state index in [2.05, 4.69) is 10.1 Å². The van der Waals surface area contributed by atoms with Gasteiger partial charge >= 0.3 is 5.97 Å². The van der Waals surface area contributed by atoms with E-state index in [-0.39, 0.29) is 16.9 Å². The van der Waals surface area contributed by atoms with Crippen LogP contribution in [0, 0.1) is 0 Å². The molecule has 2 rings (SSSR count). The Bertz CT molecular complexity index is 591. The van der Waals surface area contributed by atoms with E-state index in [1.807, 2.05) is 0 Å². The maximum absolute atomic E-state index is 11.0. The second-order valence-electron chi connectivity index (χ2n) is 3.21. The van der Waals surface area contributed by atoms with Crippen molar-refractivity contribution in [3.8, 4) is 5.69 Å². The first-order valence-electron chi connectivity index (χ1n) is 4.63. The lowest BCUT2D eigenvalue weighted by Crippen LogP contribution is -2.13. The predicted octanol–water partition coefficient (Wildman–Crippen LogP) is 0.0644. The molecule has 0 atom stereocenters. The van der Waals surface area contributed by atoms with Crippen molar-refractivity contribution in [3.63, 3.8) is 0 Å². The minimum absolute atomic E-state index is 0.0409. The van der Waals surface area contributed by atoms with E-state index in [4.69, 9.17) is 10.8 Å². The summed E-state index contributed by atoms with van der Waals surface area (Å²) in [6, 6.07) is 2.75. The van der Waals surface area contributed by atoms with Crippen LogP contribution in [0.1, 0.15) is 20.8 Å². The van der Waals surface area contributed by atoms with Gasteiger partial charge in [-0.25, -0.2) is 9.48 Å². The minimum atomic E-state index is -1.10. The molecule has 86 valence electrons. The zero-order valence-electron chi connectivity index (χ0n) is 8.57. The number of aromatic nitrogens is 3. The summed E-state index contributed by atoms with van der Waals surface area (Å²) in [5.74, 6) is -1.77. The zero-order valence-corrected chi connectivity index (χ0v) is 8.57. The Labute approximate surface area is 95.5 Å². The molecule has 17 heavy (non-hydrogen) atoms.